The lowest BCUT2D eigenvalue weighted by Crippen LogP contribution is -2.41. The number of halogens is 2. The molecule has 2 aliphatic heterocycles. The van der Waals surface area contributed by atoms with Crippen LogP contribution in [-0.2, 0) is 19.5 Å². The van der Waals surface area contributed by atoms with Crippen LogP contribution in [0.25, 0.3) is 16.6 Å². The third kappa shape index (κ3) is 2.93. The Hall–Kier alpha value is -3.54. The highest BCUT2D eigenvalue weighted by Gasteiger charge is 2.45. The van der Waals surface area contributed by atoms with E-state index < -0.39 is 6.29 Å². The quantitative estimate of drug-likeness (QED) is 0.514. The predicted octanol–water partition coefficient (Wildman–Crippen LogP) is 2.13. The zero-order valence-electron chi connectivity index (χ0n) is 17.4. The van der Waals surface area contributed by atoms with Gasteiger partial charge in [-0.15, -0.1) is 13.9 Å². The molecule has 1 aromatic carbocycles. The Morgan fingerprint density at radius 3 is 2.88 bits per heavy atom. The molecule has 0 saturated heterocycles. The molecule has 166 valence electrons. The minimum absolute atomic E-state index is 0.0310. The summed E-state index contributed by atoms with van der Waals surface area (Å²) in [6, 6.07) is 5.30. The molecule has 0 aliphatic carbocycles. The molecule has 3 aromatic heterocycles. The second-order valence-corrected chi connectivity index (χ2v) is 8.21. The van der Waals surface area contributed by atoms with E-state index in [4.69, 9.17) is 5.73 Å². The number of ether oxygens (including phenoxy) is 2. The summed E-state index contributed by atoms with van der Waals surface area (Å²) in [4.78, 5) is 11.2. The molecule has 2 aliphatic rings. The lowest BCUT2D eigenvalue weighted by molar-refractivity contribution is -0.286. The van der Waals surface area contributed by atoms with Gasteiger partial charge in [-0.1, -0.05) is 0 Å². The number of hydrogen-bond acceptors (Lipinski definition) is 8. The van der Waals surface area contributed by atoms with E-state index in [-0.39, 0.29) is 29.0 Å². The average molecular weight is 442 g/mol. The number of aromatic nitrogens is 6. The van der Waals surface area contributed by atoms with Gasteiger partial charge in [0.05, 0.1) is 17.9 Å². The van der Waals surface area contributed by atoms with Crippen molar-refractivity contribution in [3.8, 4) is 11.5 Å². The summed E-state index contributed by atoms with van der Waals surface area (Å²) in [5, 5.41) is 9.53. The summed E-state index contributed by atoms with van der Waals surface area (Å²) in [7, 11) is 0. The zero-order valence-corrected chi connectivity index (χ0v) is 17.4. The molecule has 0 amide bonds. The van der Waals surface area contributed by atoms with Crippen molar-refractivity contribution in [2.24, 2.45) is 0 Å². The third-order valence-electron chi connectivity index (χ3n) is 5.93. The molecule has 1 atom stereocenters. The fourth-order valence-electron chi connectivity index (χ4n) is 4.43. The highest BCUT2D eigenvalue weighted by atomic mass is 19.3. The van der Waals surface area contributed by atoms with E-state index in [1.807, 2.05) is 11.6 Å². The van der Waals surface area contributed by atoms with Crippen molar-refractivity contribution >= 4 is 22.5 Å². The summed E-state index contributed by atoms with van der Waals surface area (Å²) in [5.41, 5.74) is 8.88. The summed E-state index contributed by atoms with van der Waals surface area (Å²) in [6.07, 6.45) is -3.14. The predicted molar refractivity (Wildman–Crippen MR) is 109 cm³/mol. The van der Waals surface area contributed by atoms with Crippen LogP contribution in [0, 0.1) is 6.92 Å². The molecular weight excluding hydrogens is 422 g/mol. The molecule has 2 N–H and O–H groups in total. The van der Waals surface area contributed by atoms with Crippen LogP contribution < -0.4 is 15.2 Å². The first-order valence-electron chi connectivity index (χ1n) is 10.3. The first kappa shape index (κ1) is 19.2. The van der Waals surface area contributed by atoms with Crippen molar-refractivity contribution in [1.29, 1.82) is 0 Å². The molecule has 6 rings (SSSR count). The van der Waals surface area contributed by atoms with Crippen LogP contribution >= 0.6 is 0 Å². The summed E-state index contributed by atoms with van der Waals surface area (Å²) in [5.74, 6) is 0.381. The van der Waals surface area contributed by atoms with Gasteiger partial charge in [0, 0.05) is 30.9 Å². The Morgan fingerprint density at radius 1 is 1.19 bits per heavy atom. The number of anilines is 1. The number of hydrogen-bond donors (Lipinski definition) is 1. The maximum atomic E-state index is 13.6. The Bertz CT molecular complexity index is 1380. The van der Waals surface area contributed by atoms with Crippen LogP contribution in [0.2, 0.25) is 0 Å². The molecule has 0 saturated carbocycles. The van der Waals surface area contributed by atoms with Gasteiger partial charge in [-0.25, -0.2) is 9.97 Å². The lowest BCUT2D eigenvalue weighted by atomic mass is 10.1. The molecule has 1 unspecified atom stereocenters. The number of nitrogens with zero attached hydrogens (tertiary/aromatic N) is 7. The van der Waals surface area contributed by atoms with Crippen LogP contribution in [-0.4, -0.2) is 53.1 Å². The van der Waals surface area contributed by atoms with Crippen LogP contribution in [0.15, 0.2) is 18.2 Å². The van der Waals surface area contributed by atoms with Crippen molar-refractivity contribution < 1.29 is 18.3 Å². The smallest absolute Gasteiger partial charge is 0.395 e. The fourth-order valence-corrected chi connectivity index (χ4v) is 4.43. The van der Waals surface area contributed by atoms with Crippen LogP contribution in [0.5, 0.6) is 11.5 Å². The number of alkyl halides is 2. The van der Waals surface area contributed by atoms with E-state index in [2.05, 4.69) is 47.5 Å². The van der Waals surface area contributed by atoms with Crippen LogP contribution in [0.1, 0.15) is 24.1 Å². The SMILES string of the molecule is Cc1cc2n(n1)CCN(C(C)Cc1nc3c4ccc5c(c4nc(N)n3n1)OC(F)(F)O5)C2. The van der Waals surface area contributed by atoms with Crippen molar-refractivity contribution in [3.63, 3.8) is 0 Å². The second kappa shape index (κ2) is 6.48. The van der Waals surface area contributed by atoms with E-state index in [0.717, 1.165) is 25.3 Å². The zero-order chi connectivity index (χ0) is 22.2. The van der Waals surface area contributed by atoms with Crippen molar-refractivity contribution in [3.05, 3.63) is 35.4 Å². The van der Waals surface area contributed by atoms with E-state index in [1.165, 1.54) is 16.3 Å². The number of nitrogen functional groups attached to an aromatic ring is 1. The minimum atomic E-state index is -3.74. The molecule has 12 heteroatoms. The first-order chi connectivity index (χ1) is 15.3. The monoisotopic (exact) mass is 442 g/mol. The number of nitrogens with two attached hydrogens (primary N) is 1. The molecule has 5 heterocycles. The number of rotatable bonds is 3. The summed E-state index contributed by atoms with van der Waals surface area (Å²) >= 11 is 0. The normalized spacial score (nSPS) is 18.4. The number of aryl methyl sites for hydroxylation is 1. The van der Waals surface area contributed by atoms with Gasteiger partial charge in [0.15, 0.2) is 23.0 Å². The molecule has 10 nitrogen and oxygen atoms in total. The molecular formula is C20H20F2N8O2. The van der Waals surface area contributed by atoms with Gasteiger partial charge in [-0.05, 0) is 32.0 Å². The third-order valence-corrected chi connectivity index (χ3v) is 5.93. The van der Waals surface area contributed by atoms with Gasteiger partial charge < -0.3 is 15.2 Å². The Kier molecular flexibility index (Phi) is 3.88. The van der Waals surface area contributed by atoms with Crippen LogP contribution in [0.4, 0.5) is 14.7 Å². The van der Waals surface area contributed by atoms with Gasteiger partial charge in [0.2, 0.25) is 5.95 Å². The molecule has 0 radical (unpaired) electrons. The van der Waals surface area contributed by atoms with Gasteiger partial charge in [-0.2, -0.15) is 9.61 Å². The summed E-state index contributed by atoms with van der Waals surface area (Å²) < 4.78 is 39.7. The largest absolute Gasteiger partial charge is 0.586 e. The Morgan fingerprint density at radius 2 is 2.03 bits per heavy atom. The van der Waals surface area contributed by atoms with Crippen molar-refractivity contribution in [2.45, 2.75) is 45.7 Å². The van der Waals surface area contributed by atoms with Gasteiger partial charge in [0.1, 0.15) is 5.52 Å². The first-order valence-corrected chi connectivity index (χ1v) is 10.3. The standard InChI is InChI=1S/C20H20F2N8O2/c1-10-7-12-9-28(5-6-29(12)26-10)11(2)8-15-24-18-13-3-4-14-17(32-20(21,22)31-14)16(13)25-19(23)30(18)27-15/h3-4,7,11H,5-6,8-9H2,1-2H3,(H2,23,25). The highest BCUT2D eigenvalue weighted by molar-refractivity contribution is 5.97. The topological polar surface area (TPSA) is 109 Å². The number of benzene rings is 1. The van der Waals surface area contributed by atoms with E-state index >= 15 is 0 Å². The van der Waals surface area contributed by atoms with Crippen LogP contribution in [0.3, 0.4) is 0 Å². The van der Waals surface area contributed by atoms with E-state index in [9.17, 15) is 8.78 Å². The van der Waals surface area contributed by atoms with E-state index in [0.29, 0.717) is 23.3 Å². The molecule has 0 fully saturated rings. The number of fused-ring (bicyclic) bond motifs is 6. The average Bonchev–Trinajstić information content (AvgIpc) is 3.40. The molecule has 4 aromatic rings. The van der Waals surface area contributed by atoms with Gasteiger partial charge in [-0.3, -0.25) is 9.58 Å². The van der Waals surface area contributed by atoms with E-state index in [1.54, 1.807) is 6.07 Å². The maximum absolute atomic E-state index is 13.6. The fraction of sp³-hybridized carbons (Fsp3) is 0.400. The lowest BCUT2D eigenvalue weighted by Gasteiger charge is -2.32. The second-order valence-electron chi connectivity index (χ2n) is 8.21. The molecule has 0 bridgehead atoms. The molecule has 0 spiro atoms. The molecule has 32 heavy (non-hydrogen) atoms. The maximum Gasteiger partial charge on any atom is 0.586 e. The summed E-state index contributed by atoms with van der Waals surface area (Å²) in [6.45, 7) is 6.65. The Labute approximate surface area is 180 Å². The highest BCUT2D eigenvalue weighted by Crippen LogP contribution is 2.45. The Balaban J connectivity index is 1.32. The van der Waals surface area contributed by atoms with Gasteiger partial charge in [0.25, 0.3) is 0 Å². The van der Waals surface area contributed by atoms with Crippen molar-refractivity contribution in [1.82, 2.24) is 34.3 Å². The van der Waals surface area contributed by atoms with Gasteiger partial charge >= 0.3 is 6.29 Å². The minimum Gasteiger partial charge on any atom is -0.395 e. The van der Waals surface area contributed by atoms with Crippen molar-refractivity contribution in [2.75, 3.05) is 12.3 Å².